The Balaban J connectivity index is 1.47. The number of hydrogen-bond acceptors (Lipinski definition) is 4. The molecule has 0 radical (unpaired) electrons. The van der Waals surface area contributed by atoms with Crippen LogP contribution in [0.4, 0.5) is 5.69 Å². The standard InChI is InChI=1S/C21H20N2OS2/c1-14-4-3-5-16-10-11-23(20(14)16)21(24)17-6-8-19(9-7-17)26-13-18-12-25-15(2)22-18/h3-9,12H,10-11,13H2,1-2H3. The number of thiazole rings is 1. The first-order chi connectivity index (χ1) is 12.6. The number of aromatic nitrogens is 1. The number of hydrogen-bond donors (Lipinski definition) is 0. The summed E-state index contributed by atoms with van der Waals surface area (Å²) in [6, 6.07) is 14.2. The van der Waals surface area contributed by atoms with E-state index < -0.39 is 0 Å². The molecule has 1 aliphatic heterocycles. The highest BCUT2D eigenvalue weighted by Crippen LogP contribution is 2.33. The van der Waals surface area contributed by atoms with Crippen molar-refractivity contribution in [3.63, 3.8) is 0 Å². The first-order valence-electron chi connectivity index (χ1n) is 8.66. The highest BCUT2D eigenvalue weighted by atomic mass is 32.2. The van der Waals surface area contributed by atoms with Crippen molar-refractivity contribution in [1.82, 2.24) is 4.98 Å². The van der Waals surface area contributed by atoms with Crippen LogP contribution in [0.2, 0.25) is 0 Å². The molecule has 4 rings (SSSR count). The summed E-state index contributed by atoms with van der Waals surface area (Å²) >= 11 is 3.43. The van der Waals surface area contributed by atoms with Gasteiger partial charge in [0, 0.05) is 28.1 Å². The molecule has 2 heterocycles. The minimum atomic E-state index is 0.0877. The molecule has 1 aromatic heterocycles. The van der Waals surface area contributed by atoms with Gasteiger partial charge in [0.15, 0.2) is 0 Å². The normalized spacial score (nSPS) is 13.1. The van der Waals surface area contributed by atoms with Crippen LogP contribution in [0.15, 0.2) is 52.7 Å². The summed E-state index contributed by atoms with van der Waals surface area (Å²) < 4.78 is 0. The van der Waals surface area contributed by atoms with Gasteiger partial charge < -0.3 is 4.90 Å². The number of fused-ring (bicyclic) bond motifs is 1. The van der Waals surface area contributed by atoms with E-state index in [9.17, 15) is 4.79 Å². The lowest BCUT2D eigenvalue weighted by Gasteiger charge is -2.19. The maximum atomic E-state index is 13.0. The zero-order chi connectivity index (χ0) is 18.1. The summed E-state index contributed by atoms with van der Waals surface area (Å²) in [5.74, 6) is 0.945. The van der Waals surface area contributed by atoms with E-state index >= 15 is 0 Å². The van der Waals surface area contributed by atoms with Crippen LogP contribution in [-0.4, -0.2) is 17.4 Å². The Hall–Kier alpha value is -2.11. The molecule has 1 aliphatic rings. The summed E-state index contributed by atoms with van der Waals surface area (Å²) in [7, 11) is 0. The van der Waals surface area contributed by atoms with Gasteiger partial charge in [-0.15, -0.1) is 23.1 Å². The molecule has 0 aliphatic carbocycles. The van der Waals surface area contributed by atoms with Crippen molar-refractivity contribution in [2.75, 3.05) is 11.4 Å². The summed E-state index contributed by atoms with van der Waals surface area (Å²) in [6.07, 6.45) is 0.934. The first-order valence-corrected chi connectivity index (χ1v) is 10.5. The van der Waals surface area contributed by atoms with E-state index in [1.54, 1.807) is 23.1 Å². The minimum Gasteiger partial charge on any atom is -0.307 e. The van der Waals surface area contributed by atoms with Crippen molar-refractivity contribution in [3.05, 3.63) is 75.2 Å². The van der Waals surface area contributed by atoms with Gasteiger partial charge in [-0.1, -0.05) is 18.2 Å². The van der Waals surface area contributed by atoms with Crippen molar-refractivity contribution in [2.45, 2.75) is 30.9 Å². The number of nitrogens with zero attached hydrogens (tertiary/aromatic N) is 2. The molecular formula is C21H20N2OS2. The first kappa shape index (κ1) is 17.3. The predicted molar refractivity (Wildman–Crippen MR) is 109 cm³/mol. The fourth-order valence-electron chi connectivity index (χ4n) is 3.34. The zero-order valence-electron chi connectivity index (χ0n) is 14.9. The number of carbonyl (C=O) groups excluding carboxylic acids is 1. The molecule has 26 heavy (non-hydrogen) atoms. The Bertz CT molecular complexity index is 947. The van der Waals surface area contributed by atoms with E-state index in [4.69, 9.17) is 0 Å². The quantitative estimate of drug-likeness (QED) is 0.579. The topological polar surface area (TPSA) is 33.2 Å². The van der Waals surface area contributed by atoms with Crippen molar-refractivity contribution in [2.24, 2.45) is 0 Å². The van der Waals surface area contributed by atoms with Crippen LogP contribution < -0.4 is 4.90 Å². The van der Waals surface area contributed by atoms with Crippen LogP contribution >= 0.6 is 23.1 Å². The van der Waals surface area contributed by atoms with E-state index in [1.165, 1.54) is 11.1 Å². The average Bonchev–Trinajstić information content (AvgIpc) is 3.27. The van der Waals surface area contributed by atoms with Crippen LogP contribution in [0.3, 0.4) is 0 Å². The number of thioether (sulfide) groups is 1. The third-order valence-electron chi connectivity index (χ3n) is 4.60. The van der Waals surface area contributed by atoms with Gasteiger partial charge in [0.1, 0.15) is 0 Å². The molecule has 1 amide bonds. The second kappa shape index (κ2) is 7.25. The van der Waals surface area contributed by atoms with E-state index in [0.717, 1.165) is 45.6 Å². The second-order valence-electron chi connectivity index (χ2n) is 6.46. The molecule has 5 heteroatoms. The Labute approximate surface area is 162 Å². The molecule has 3 nitrogen and oxygen atoms in total. The minimum absolute atomic E-state index is 0.0877. The van der Waals surface area contributed by atoms with Gasteiger partial charge in [-0.25, -0.2) is 4.98 Å². The van der Waals surface area contributed by atoms with Crippen LogP contribution in [0.5, 0.6) is 0 Å². The lowest BCUT2D eigenvalue weighted by molar-refractivity contribution is 0.0989. The fourth-order valence-corrected chi connectivity index (χ4v) is 4.85. The lowest BCUT2D eigenvalue weighted by atomic mass is 10.1. The molecule has 0 atom stereocenters. The molecule has 0 N–H and O–H groups in total. The van der Waals surface area contributed by atoms with Crippen molar-refractivity contribution in [1.29, 1.82) is 0 Å². The molecule has 0 unspecified atom stereocenters. The van der Waals surface area contributed by atoms with E-state index in [-0.39, 0.29) is 5.91 Å². The summed E-state index contributed by atoms with van der Waals surface area (Å²) in [5, 5.41) is 3.20. The van der Waals surface area contributed by atoms with Gasteiger partial charge >= 0.3 is 0 Å². The monoisotopic (exact) mass is 380 g/mol. The number of aryl methyl sites for hydroxylation is 2. The molecular weight excluding hydrogens is 360 g/mol. The van der Waals surface area contributed by atoms with Crippen LogP contribution in [-0.2, 0) is 12.2 Å². The molecule has 0 saturated carbocycles. The van der Waals surface area contributed by atoms with Gasteiger partial charge in [0.25, 0.3) is 5.91 Å². The van der Waals surface area contributed by atoms with E-state index in [2.05, 4.69) is 35.5 Å². The molecule has 2 aromatic carbocycles. The van der Waals surface area contributed by atoms with Gasteiger partial charge in [0.05, 0.1) is 16.4 Å². The Morgan fingerprint density at radius 1 is 1.19 bits per heavy atom. The second-order valence-corrected chi connectivity index (χ2v) is 8.57. The number of rotatable bonds is 4. The van der Waals surface area contributed by atoms with E-state index in [1.807, 2.05) is 36.1 Å². The van der Waals surface area contributed by atoms with Crippen molar-refractivity contribution >= 4 is 34.7 Å². The molecule has 0 saturated heterocycles. The van der Waals surface area contributed by atoms with E-state index in [0.29, 0.717) is 0 Å². The third-order valence-corrected chi connectivity index (χ3v) is 6.46. The fraction of sp³-hybridized carbons (Fsp3) is 0.238. The highest BCUT2D eigenvalue weighted by Gasteiger charge is 2.26. The zero-order valence-corrected chi connectivity index (χ0v) is 16.5. The molecule has 0 fully saturated rings. The number of anilines is 1. The molecule has 3 aromatic rings. The van der Waals surface area contributed by atoms with Crippen molar-refractivity contribution < 1.29 is 4.79 Å². The maximum absolute atomic E-state index is 13.0. The van der Waals surface area contributed by atoms with Gasteiger partial charge in [-0.3, -0.25) is 4.79 Å². The summed E-state index contributed by atoms with van der Waals surface area (Å²) in [4.78, 5) is 20.5. The summed E-state index contributed by atoms with van der Waals surface area (Å²) in [5.41, 5.74) is 5.38. The van der Waals surface area contributed by atoms with Crippen molar-refractivity contribution in [3.8, 4) is 0 Å². The highest BCUT2D eigenvalue weighted by molar-refractivity contribution is 7.98. The van der Waals surface area contributed by atoms with Crippen LogP contribution in [0, 0.1) is 13.8 Å². The number of benzene rings is 2. The molecule has 132 valence electrons. The number of amides is 1. The SMILES string of the molecule is Cc1nc(CSc2ccc(C(=O)N3CCc4cccc(C)c43)cc2)cs1. The Kier molecular flexibility index (Phi) is 4.83. The van der Waals surface area contributed by atoms with Crippen LogP contribution in [0.1, 0.15) is 32.2 Å². The lowest BCUT2D eigenvalue weighted by Crippen LogP contribution is -2.29. The number of para-hydroxylation sites is 1. The molecule has 0 bridgehead atoms. The Morgan fingerprint density at radius 3 is 2.73 bits per heavy atom. The predicted octanol–water partition coefficient (Wildman–Crippen LogP) is 5.26. The Morgan fingerprint density at radius 2 is 2.00 bits per heavy atom. The summed E-state index contributed by atoms with van der Waals surface area (Å²) in [6.45, 7) is 4.86. The molecule has 0 spiro atoms. The van der Waals surface area contributed by atoms with Gasteiger partial charge in [-0.2, -0.15) is 0 Å². The van der Waals surface area contributed by atoms with Gasteiger partial charge in [0.2, 0.25) is 0 Å². The van der Waals surface area contributed by atoms with Gasteiger partial charge in [-0.05, 0) is 55.7 Å². The average molecular weight is 381 g/mol. The largest absolute Gasteiger partial charge is 0.307 e. The van der Waals surface area contributed by atoms with Crippen LogP contribution in [0.25, 0.3) is 0 Å². The maximum Gasteiger partial charge on any atom is 0.258 e. The number of carbonyl (C=O) groups is 1. The smallest absolute Gasteiger partial charge is 0.258 e. The third kappa shape index (κ3) is 3.41.